The molecule has 0 aromatic heterocycles. The molecule has 2 aliphatic rings. The predicted octanol–water partition coefficient (Wildman–Crippen LogP) is 1.64. The lowest BCUT2D eigenvalue weighted by atomic mass is 10.1. The summed E-state index contributed by atoms with van der Waals surface area (Å²) in [4.78, 5) is 16.5. The summed E-state index contributed by atoms with van der Waals surface area (Å²) in [5, 5.41) is 0. The highest BCUT2D eigenvalue weighted by Gasteiger charge is 2.24. The van der Waals surface area contributed by atoms with Crippen molar-refractivity contribution in [3.8, 4) is 0 Å². The van der Waals surface area contributed by atoms with Crippen LogP contribution in [0, 0.1) is 0 Å². The summed E-state index contributed by atoms with van der Waals surface area (Å²) in [7, 11) is 0. The third-order valence-corrected chi connectivity index (χ3v) is 4.13. The number of nitrogen functional groups attached to an aromatic ring is 1. The molecule has 4 nitrogen and oxygen atoms in total. The Hall–Kier alpha value is -1.71. The molecule has 1 aromatic carbocycles. The number of benzene rings is 1. The molecule has 102 valence electrons. The van der Waals surface area contributed by atoms with Crippen molar-refractivity contribution < 1.29 is 4.79 Å². The van der Waals surface area contributed by atoms with E-state index >= 15 is 0 Å². The normalized spacial score (nSPS) is 18.5. The Bertz CT molecular complexity index is 480. The number of nitrogens with two attached hydrogens (primary N) is 1. The Morgan fingerprint density at radius 1 is 1.16 bits per heavy atom. The largest absolute Gasteiger partial charge is 0.399 e. The predicted molar refractivity (Wildman–Crippen MR) is 77.2 cm³/mol. The molecule has 1 saturated heterocycles. The maximum Gasteiger partial charge on any atom is 0.242 e. The van der Waals surface area contributed by atoms with E-state index in [2.05, 4.69) is 4.90 Å². The maximum atomic E-state index is 12.3. The molecule has 0 saturated carbocycles. The molecule has 0 atom stereocenters. The van der Waals surface area contributed by atoms with Crippen LogP contribution in [0.5, 0.6) is 0 Å². The Kier molecular flexibility index (Phi) is 3.32. The Labute approximate surface area is 114 Å². The van der Waals surface area contributed by atoms with Gasteiger partial charge in [0.1, 0.15) is 0 Å². The molecule has 1 fully saturated rings. The molecule has 0 radical (unpaired) electrons. The van der Waals surface area contributed by atoms with Gasteiger partial charge in [0.15, 0.2) is 0 Å². The summed E-state index contributed by atoms with van der Waals surface area (Å²) in [6, 6.07) is 5.99. The van der Waals surface area contributed by atoms with Crippen molar-refractivity contribution in [2.45, 2.75) is 25.7 Å². The third-order valence-electron chi connectivity index (χ3n) is 4.13. The van der Waals surface area contributed by atoms with Crippen LogP contribution < -0.4 is 10.6 Å². The second-order valence-electron chi connectivity index (χ2n) is 5.50. The summed E-state index contributed by atoms with van der Waals surface area (Å²) < 4.78 is 0. The molecular weight excluding hydrogens is 238 g/mol. The van der Waals surface area contributed by atoms with Gasteiger partial charge >= 0.3 is 0 Å². The Balaban J connectivity index is 1.67. The number of rotatable bonds is 2. The molecule has 19 heavy (non-hydrogen) atoms. The van der Waals surface area contributed by atoms with Gasteiger partial charge in [-0.3, -0.25) is 4.79 Å². The Morgan fingerprint density at radius 2 is 1.95 bits per heavy atom. The van der Waals surface area contributed by atoms with Crippen molar-refractivity contribution in [2.24, 2.45) is 0 Å². The number of carbonyl (C=O) groups excluding carboxylic acids is 1. The SMILES string of the molecule is Nc1ccc2c(c1)CCN2CC(=O)N1CCCCC1. The summed E-state index contributed by atoms with van der Waals surface area (Å²) in [5.74, 6) is 0.268. The highest BCUT2D eigenvalue weighted by Crippen LogP contribution is 2.29. The van der Waals surface area contributed by atoms with Gasteiger partial charge in [-0.05, 0) is 49.4 Å². The topological polar surface area (TPSA) is 49.6 Å². The molecule has 0 spiro atoms. The van der Waals surface area contributed by atoms with E-state index in [1.54, 1.807) is 0 Å². The van der Waals surface area contributed by atoms with E-state index in [-0.39, 0.29) is 5.91 Å². The van der Waals surface area contributed by atoms with Crippen LogP contribution in [0.3, 0.4) is 0 Å². The average Bonchev–Trinajstić information content (AvgIpc) is 2.82. The first-order chi connectivity index (χ1) is 9.24. The molecule has 0 bridgehead atoms. The molecule has 2 aliphatic heterocycles. The van der Waals surface area contributed by atoms with Gasteiger partial charge in [0.25, 0.3) is 0 Å². The number of piperidine rings is 1. The second-order valence-corrected chi connectivity index (χ2v) is 5.50. The van der Waals surface area contributed by atoms with Crippen LogP contribution in [0.2, 0.25) is 0 Å². The monoisotopic (exact) mass is 259 g/mol. The van der Waals surface area contributed by atoms with Crippen LogP contribution in [0.1, 0.15) is 24.8 Å². The molecule has 0 unspecified atom stereocenters. The third kappa shape index (κ3) is 2.53. The number of anilines is 2. The fraction of sp³-hybridized carbons (Fsp3) is 0.533. The molecule has 0 aliphatic carbocycles. The number of carbonyl (C=O) groups is 1. The smallest absolute Gasteiger partial charge is 0.242 e. The van der Waals surface area contributed by atoms with Crippen molar-refractivity contribution in [1.29, 1.82) is 0 Å². The minimum Gasteiger partial charge on any atom is -0.399 e. The number of hydrogen-bond acceptors (Lipinski definition) is 3. The maximum absolute atomic E-state index is 12.3. The van der Waals surface area contributed by atoms with E-state index in [4.69, 9.17) is 5.73 Å². The van der Waals surface area contributed by atoms with Crippen molar-refractivity contribution >= 4 is 17.3 Å². The minimum atomic E-state index is 0.268. The number of fused-ring (bicyclic) bond motifs is 1. The number of nitrogens with zero attached hydrogens (tertiary/aromatic N) is 2. The van der Waals surface area contributed by atoms with E-state index in [0.717, 1.165) is 44.6 Å². The molecule has 2 N–H and O–H groups in total. The summed E-state index contributed by atoms with van der Waals surface area (Å²) in [5.41, 5.74) is 9.06. The highest BCUT2D eigenvalue weighted by molar-refractivity contribution is 5.82. The van der Waals surface area contributed by atoms with Gasteiger partial charge < -0.3 is 15.5 Å². The number of hydrogen-bond donors (Lipinski definition) is 1. The Morgan fingerprint density at radius 3 is 2.74 bits per heavy atom. The highest BCUT2D eigenvalue weighted by atomic mass is 16.2. The summed E-state index contributed by atoms with van der Waals surface area (Å²) in [6.45, 7) is 3.30. The fourth-order valence-electron chi connectivity index (χ4n) is 3.06. The minimum absolute atomic E-state index is 0.268. The standard InChI is InChI=1S/C15H21N3O/c16-13-4-5-14-12(10-13)6-9-18(14)11-15(19)17-7-2-1-3-8-17/h4-5,10H,1-3,6-9,11,16H2. The van der Waals surface area contributed by atoms with Crippen molar-refractivity contribution in [3.05, 3.63) is 23.8 Å². The van der Waals surface area contributed by atoms with Gasteiger partial charge in [-0.25, -0.2) is 0 Å². The lowest BCUT2D eigenvalue weighted by molar-refractivity contribution is -0.130. The van der Waals surface area contributed by atoms with Crippen molar-refractivity contribution in [1.82, 2.24) is 4.90 Å². The van der Waals surface area contributed by atoms with E-state index < -0.39 is 0 Å². The van der Waals surface area contributed by atoms with Gasteiger partial charge in [-0.2, -0.15) is 0 Å². The van der Waals surface area contributed by atoms with Crippen LogP contribution in [-0.2, 0) is 11.2 Å². The average molecular weight is 259 g/mol. The van der Waals surface area contributed by atoms with Gasteiger partial charge in [0.05, 0.1) is 6.54 Å². The van der Waals surface area contributed by atoms with E-state index in [0.29, 0.717) is 6.54 Å². The van der Waals surface area contributed by atoms with Crippen LogP contribution in [0.15, 0.2) is 18.2 Å². The van der Waals surface area contributed by atoms with Crippen LogP contribution >= 0.6 is 0 Å². The zero-order chi connectivity index (χ0) is 13.2. The van der Waals surface area contributed by atoms with Crippen LogP contribution in [-0.4, -0.2) is 37.0 Å². The van der Waals surface area contributed by atoms with Gasteiger partial charge in [0.2, 0.25) is 5.91 Å². The van der Waals surface area contributed by atoms with Crippen LogP contribution in [0.4, 0.5) is 11.4 Å². The molecule has 1 amide bonds. The van der Waals surface area contributed by atoms with E-state index in [9.17, 15) is 4.79 Å². The number of amides is 1. The molecule has 1 aromatic rings. The van der Waals surface area contributed by atoms with Crippen molar-refractivity contribution in [2.75, 3.05) is 36.8 Å². The van der Waals surface area contributed by atoms with Gasteiger partial charge in [0, 0.05) is 31.0 Å². The van der Waals surface area contributed by atoms with E-state index in [1.807, 2.05) is 23.1 Å². The van der Waals surface area contributed by atoms with Gasteiger partial charge in [-0.1, -0.05) is 0 Å². The van der Waals surface area contributed by atoms with Crippen LogP contribution in [0.25, 0.3) is 0 Å². The molecule has 4 heteroatoms. The fourth-order valence-corrected chi connectivity index (χ4v) is 3.06. The molecular formula is C15H21N3O. The molecule has 3 rings (SSSR count). The first-order valence-corrected chi connectivity index (χ1v) is 7.15. The van der Waals surface area contributed by atoms with E-state index in [1.165, 1.54) is 17.7 Å². The van der Waals surface area contributed by atoms with Gasteiger partial charge in [-0.15, -0.1) is 0 Å². The first kappa shape index (κ1) is 12.3. The lowest BCUT2D eigenvalue weighted by Crippen LogP contribution is -2.42. The second kappa shape index (κ2) is 5.11. The zero-order valence-electron chi connectivity index (χ0n) is 11.3. The van der Waals surface area contributed by atoms with Crippen molar-refractivity contribution in [3.63, 3.8) is 0 Å². The summed E-state index contributed by atoms with van der Waals surface area (Å²) in [6.07, 6.45) is 4.56. The quantitative estimate of drug-likeness (QED) is 0.822. The lowest BCUT2D eigenvalue weighted by Gasteiger charge is -2.29. The summed E-state index contributed by atoms with van der Waals surface area (Å²) >= 11 is 0. The number of likely N-dealkylation sites (tertiary alicyclic amines) is 1. The molecule has 2 heterocycles. The first-order valence-electron chi connectivity index (χ1n) is 7.15. The zero-order valence-corrected chi connectivity index (χ0v) is 11.3.